The normalized spacial score (nSPS) is 48.9. The molecule has 0 bridgehead atoms. The van der Waals surface area contributed by atoms with Crippen molar-refractivity contribution in [1.29, 1.82) is 0 Å². The zero-order valence-electron chi connectivity index (χ0n) is 9.82. The highest BCUT2D eigenvalue weighted by Gasteiger charge is 2.44. The number of carboxylic acids is 1. The first-order valence-corrected chi connectivity index (χ1v) is 5.60. The van der Waals surface area contributed by atoms with Gasteiger partial charge in [-0.25, -0.2) is 0 Å². The van der Waals surface area contributed by atoms with Crippen molar-refractivity contribution < 1.29 is 9.90 Å². The van der Waals surface area contributed by atoms with Crippen LogP contribution in [0.25, 0.3) is 0 Å². The van der Waals surface area contributed by atoms with E-state index < -0.39 is 5.97 Å². The summed E-state index contributed by atoms with van der Waals surface area (Å²) >= 11 is 0. The highest BCUT2D eigenvalue weighted by atomic mass is 16.4. The monoisotopic (exact) mass is 198 g/mol. The lowest BCUT2D eigenvalue weighted by Gasteiger charge is -2.45. The summed E-state index contributed by atoms with van der Waals surface area (Å²) in [7, 11) is 0. The lowest BCUT2D eigenvalue weighted by atomic mass is 9.59. The molecule has 4 unspecified atom stereocenters. The van der Waals surface area contributed by atoms with Crippen LogP contribution in [0, 0.1) is 35.5 Å². The Morgan fingerprint density at radius 3 is 1.36 bits per heavy atom. The minimum atomic E-state index is -0.615. The third-order valence-electron chi connectivity index (χ3n) is 4.74. The molecule has 82 valence electrons. The zero-order valence-corrected chi connectivity index (χ0v) is 9.82. The maximum Gasteiger partial charge on any atom is 0.307 e. The van der Waals surface area contributed by atoms with Gasteiger partial charge in [-0.1, -0.05) is 34.6 Å². The maximum atomic E-state index is 11.2. The fourth-order valence-electron chi connectivity index (χ4n) is 3.02. The maximum absolute atomic E-state index is 11.2. The van der Waals surface area contributed by atoms with Crippen LogP contribution in [-0.2, 0) is 4.79 Å². The van der Waals surface area contributed by atoms with Gasteiger partial charge < -0.3 is 5.11 Å². The molecule has 0 amide bonds. The zero-order chi connectivity index (χ0) is 11.0. The molecule has 0 spiro atoms. The number of aliphatic carboxylic acids is 1. The largest absolute Gasteiger partial charge is 0.481 e. The van der Waals surface area contributed by atoms with Crippen molar-refractivity contribution in [3.63, 3.8) is 0 Å². The molecule has 2 nitrogen and oxygen atoms in total. The van der Waals surface area contributed by atoms with Crippen molar-refractivity contribution in [2.45, 2.75) is 34.6 Å². The van der Waals surface area contributed by atoms with E-state index in [0.717, 1.165) is 0 Å². The second kappa shape index (κ2) is 3.92. The molecule has 1 rings (SSSR count). The number of carbonyl (C=O) groups is 1. The predicted molar refractivity (Wildman–Crippen MR) is 56.9 cm³/mol. The van der Waals surface area contributed by atoms with Crippen molar-refractivity contribution in [1.82, 2.24) is 0 Å². The van der Waals surface area contributed by atoms with Crippen LogP contribution in [-0.4, -0.2) is 11.1 Å². The highest BCUT2D eigenvalue weighted by Crippen LogP contribution is 2.45. The average Bonchev–Trinajstić information content (AvgIpc) is 2.11. The van der Waals surface area contributed by atoms with Crippen molar-refractivity contribution in [3.8, 4) is 0 Å². The predicted octanol–water partition coefficient (Wildman–Crippen LogP) is 2.88. The third-order valence-corrected chi connectivity index (χ3v) is 4.74. The molecule has 2 heteroatoms. The molecular formula is C12H22O2. The molecule has 4 atom stereocenters. The Bertz CT molecular complexity index is 208. The first-order valence-electron chi connectivity index (χ1n) is 5.60. The third kappa shape index (κ3) is 1.67. The quantitative estimate of drug-likeness (QED) is 0.703. The molecule has 0 radical (unpaired) electrons. The van der Waals surface area contributed by atoms with Gasteiger partial charge in [-0.2, -0.15) is 0 Å². The Balaban J connectivity index is 2.92. The van der Waals surface area contributed by atoms with Crippen molar-refractivity contribution in [2.75, 3.05) is 0 Å². The van der Waals surface area contributed by atoms with Gasteiger partial charge in [0.15, 0.2) is 0 Å². The Morgan fingerprint density at radius 1 is 0.786 bits per heavy atom. The molecular weight excluding hydrogens is 176 g/mol. The van der Waals surface area contributed by atoms with Crippen LogP contribution in [0.1, 0.15) is 34.6 Å². The molecule has 0 aromatic carbocycles. The van der Waals surface area contributed by atoms with Gasteiger partial charge in [-0.3, -0.25) is 4.79 Å². The summed E-state index contributed by atoms with van der Waals surface area (Å²) in [4.78, 5) is 11.2. The average molecular weight is 198 g/mol. The summed E-state index contributed by atoms with van der Waals surface area (Å²) in [6, 6.07) is 0. The topological polar surface area (TPSA) is 37.3 Å². The Morgan fingerprint density at radius 2 is 1.07 bits per heavy atom. The summed E-state index contributed by atoms with van der Waals surface area (Å²) in [6.45, 7) is 10.8. The van der Waals surface area contributed by atoms with E-state index in [1.807, 2.05) is 0 Å². The lowest BCUT2D eigenvalue weighted by Crippen LogP contribution is -2.44. The molecule has 0 heterocycles. The van der Waals surface area contributed by atoms with Crippen LogP contribution < -0.4 is 0 Å². The SMILES string of the molecule is CC1C(C)C(C)C(C(=O)O)C(C)C1C. The summed E-state index contributed by atoms with van der Waals surface area (Å²) in [5.41, 5.74) is 0. The van der Waals surface area contributed by atoms with Crippen LogP contribution in [0.5, 0.6) is 0 Å². The van der Waals surface area contributed by atoms with Crippen LogP contribution in [0.3, 0.4) is 0 Å². The lowest BCUT2D eigenvalue weighted by molar-refractivity contribution is -0.151. The number of rotatable bonds is 1. The van der Waals surface area contributed by atoms with Gasteiger partial charge in [0.1, 0.15) is 0 Å². The van der Waals surface area contributed by atoms with Crippen LogP contribution in [0.15, 0.2) is 0 Å². The summed E-state index contributed by atoms with van der Waals surface area (Å²) < 4.78 is 0. The smallest absolute Gasteiger partial charge is 0.307 e. The Kier molecular flexibility index (Phi) is 3.23. The second-order valence-corrected chi connectivity index (χ2v) is 5.16. The fraction of sp³-hybridized carbons (Fsp3) is 0.917. The van der Waals surface area contributed by atoms with E-state index in [0.29, 0.717) is 29.6 Å². The van der Waals surface area contributed by atoms with Gasteiger partial charge in [0, 0.05) is 0 Å². The minimum Gasteiger partial charge on any atom is -0.481 e. The van der Waals surface area contributed by atoms with E-state index >= 15 is 0 Å². The van der Waals surface area contributed by atoms with Crippen LogP contribution >= 0.6 is 0 Å². The van der Waals surface area contributed by atoms with E-state index in [1.165, 1.54) is 0 Å². The van der Waals surface area contributed by atoms with E-state index in [9.17, 15) is 9.90 Å². The highest BCUT2D eigenvalue weighted by molar-refractivity contribution is 5.71. The minimum absolute atomic E-state index is 0.156. The van der Waals surface area contributed by atoms with Crippen LogP contribution in [0.4, 0.5) is 0 Å². The number of hydrogen-bond donors (Lipinski definition) is 1. The molecule has 0 aliphatic heterocycles. The van der Waals surface area contributed by atoms with Gasteiger partial charge in [0.2, 0.25) is 0 Å². The molecule has 0 aromatic rings. The van der Waals surface area contributed by atoms with E-state index in [2.05, 4.69) is 34.6 Å². The molecule has 1 saturated carbocycles. The van der Waals surface area contributed by atoms with Crippen molar-refractivity contribution >= 4 is 5.97 Å². The second-order valence-electron chi connectivity index (χ2n) is 5.16. The van der Waals surface area contributed by atoms with Gasteiger partial charge in [-0.05, 0) is 29.6 Å². The number of carboxylic acid groups (broad SMARTS) is 1. The van der Waals surface area contributed by atoms with Gasteiger partial charge in [-0.15, -0.1) is 0 Å². The van der Waals surface area contributed by atoms with Gasteiger partial charge in [0.25, 0.3) is 0 Å². The van der Waals surface area contributed by atoms with Gasteiger partial charge >= 0.3 is 5.97 Å². The Labute approximate surface area is 86.7 Å². The first kappa shape index (κ1) is 11.5. The van der Waals surface area contributed by atoms with Gasteiger partial charge in [0.05, 0.1) is 5.92 Å². The van der Waals surface area contributed by atoms with E-state index in [1.54, 1.807) is 0 Å². The molecule has 14 heavy (non-hydrogen) atoms. The Hall–Kier alpha value is -0.530. The van der Waals surface area contributed by atoms with Crippen molar-refractivity contribution in [3.05, 3.63) is 0 Å². The van der Waals surface area contributed by atoms with E-state index in [4.69, 9.17) is 0 Å². The number of hydrogen-bond acceptors (Lipinski definition) is 1. The van der Waals surface area contributed by atoms with Crippen molar-refractivity contribution in [2.24, 2.45) is 35.5 Å². The first-order chi connectivity index (χ1) is 6.37. The summed E-state index contributed by atoms with van der Waals surface area (Å²) in [6.07, 6.45) is 0. The van der Waals surface area contributed by atoms with Crippen LogP contribution in [0.2, 0.25) is 0 Å². The molecule has 0 aromatic heterocycles. The molecule has 1 fully saturated rings. The van der Waals surface area contributed by atoms with E-state index in [-0.39, 0.29) is 5.92 Å². The molecule has 1 aliphatic carbocycles. The standard InChI is InChI=1S/C12H22O2/c1-6-7(2)9(4)11(12(13)14)10(5)8(6)3/h6-11H,1-5H3,(H,13,14). The fourth-order valence-corrected chi connectivity index (χ4v) is 3.02. The molecule has 1 N–H and O–H groups in total. The molecule has 1 aliphatic rings. The summed E-state index contributed by atoms with van der Waals surface area (Å²) in [5, 5.41) is 9.20. The summed E-state index contributed by atoms with van der Waals surface area (Å²) in [5.74, 6) is 1.49. The molecule has 0 saturated heterocycles.